The first kappa shape index (κ1) is 10.2. The molecule has 2 atom stereocenters. The van der Waals surface area contributed by atoms with E-state index in [1.165, 1.54) is 17.5 Å². The van der Waals surface area contributed by atoms with Gasteiger partial charge >= 0.3 is 0 Å². The van der Waals surface area contributed by atoms with Crippen LogP contribution in [0.25, 0.3) is 0 Å². The second kappa shape index (κ2) is 3.17. The lowest BCUT2D eigenvalue weighted by Gasteiger charge is -2.52. The Bertz CT molecular complexity index is 604. The number of rotatable bonds is 1. The van der Waals surface area contributed by atoms with E-state index >= 15 is 0 Å². The zero-order valence-electron chi connectivity index (χ0n) is 10.5. The lowest BCUT2D eigenvalue weighted by atomic mass is 9.53. The molecule has 90 valence electrons. The van der Waals surface area contributed by atoms with Crippen molar-refractivity contribution >= 4 is 0 Å². The van der Waals surface area contributed by atoms with Crippen LogP contribution in [0.1, 0.15) is 30.9 Å². The van der Waals surface area contributed by atoms with E-state index in [0.717, 1.165) is 12.2 Å². The predicted octanol–water partition coefficient (Wildman–Crippen LogP) is 4.03. The van der Waals surface area contributed by atoms with Crippen molar-refractivity contribution < 1.29 is 4.74 Å². The largest absolute Gasteiger partial charge is 0.481 e. The number of hydrogen-bond acceptors (Lipinski definition) is 1. The molecule has 0 amide bonds. The Hall–Kier alpha value is -1.76. The van der Waals surface area contributed by atoms with Crippen LogP contribution in [0.15, 0.2) is 54.6 Å². The van der Waals surface area contributed by atoms with E-state index in [1.807, 2.05) is 0 Å². The monoisotopic (exact) mass is 236 g/mol. The maximum Gasteiger partial charge on any atom is 0.143 e. The lowest BCUT2D eigenvalue weighted by molar-refractivity contribution is -0.0652. The van der Waals surface area contributed by atoms with Gasteiger partial charge in [-0.15, -0.1) is 0 Å². The molecule has 2 aromatic carbocycles. The quantitative estimate of drug-likeness (QED) is 0.726. The molecule has 0 unspecified atom stereocenters. The third kappa shape index (κ3) is 0.989. The van der Waals surface area contributed by atoms with E-state index in [0.29, 0.717) is 0 Å². The highest BCUT2D eigenvalue weighted by atomic mass is 16.5. The van der Waals surface area contributed by atoms with Crippen molar-refractivity contribution in [1.82, 2.24) is 0 Å². The zero-order chi connectivity index (χ0) is 12.2. The minimum absolute atomic E-state index is 0.127. The summed E-state index contributed by atoms with van der Waals surface area (Å²) in [4.78, 5) is 0. The molecule has 0 bridgehead atoms. The molecule has 0 N–H and O–H groups in total. The summed E-state index contributed by atoms with van der Waals surface area (Å²) in [5.41, 5.74) is 2.71. The molecule has 1 nitrogen and oxygen atoms in total. The first-order valence-corrected chi connectivity index (χ1v) is 6.60. The van der Waals surface area contributed by atoms with Crippen LogP contribution in [-0.2, 0) is 11.0 Å². The van der Waals surface area contributed by atoms with Gasteiger partial charge < -0.3 is 4.74 Å². The summed E-state index contributed by atoms with van der Waals surface area (Å²) in [6.45, 7) is 2.34. The van der Waals surface area contributed by atoms with Gasteiger partial charge in [0, 0.05) is 11.0 Å². The number of ether oxygens (including phenoxy) is 1. The third-order valence-electron chi connectivity index (χ3n) is 4.87. The summed E-state index contributed by atoms with van der Waals surface area (Å²) in [6.07, 6.45) is 2.32. The summed E-state index contributed by atoms with van der Waals surface area (Å²) in [5.74, 6) is 1.07. The molecule has 18 heavy (non-hydrogen) atoms. The molecule has 2 aliphatic rings. The summed E-state index contributed by atoms with van der Waals surface area (Å²) in [5, 5.41) is 0. The summed E-state index contributed by atoms with van der Waals surface area (Å²) < 4.78 is 6.38. The molecule has 2 aromatic rings. The molecule has 0 spiro atoms. The van der Waals surface area contributed by atoms with E-state index < -0.39 is 0 Å². The Morgan fingerprint density at radius 2 is 1.61 bits per heavy atom. The standard InChI is InChI=1S/C17H16O/c1-16-11-12-17(16,13-7-3-2-4-8-13)18-15-10-6-5-9-14(15)16/h2-10H,11-12H2,1H3/t16-,17+/m1/s1. The van der Waals surface area contributed by atoms with Gasteiger partial charge in [0.15, 0.2) is 0 Å². The molecule has 1 heterocycles. The number of fused-ring (bicyclic) bond motifs is 3. The Balaban J connectivity index is 1.92. The molecule has 1 saturated carbocycles. The number of para-hydroxylation sites is 1. The molecule has 1 fully saturated rings. The minimum Gasteiger partial charge on any atom is -0.481 e. The van der Waals surface area contributed by atoms with Gasteiger partial charge in [0.2, 0.25) is 0 Å². The number of hydrogen-bond donors (Lipinski definition) is 0. The van der Waals surface area contributed by atoms with Crippen molar-refractivity contribution in [3.8, 4) is 5.75 Å². The van der Waals surface area contributed by atoms with Gasteiger partial charge in [0.25, 0.3) is 0 Å². The second-order valence-corrected chi connectivity index (χ2v) is 5.62. The summed E-state index contributed by atoms with van der Waals surface area (Å²) >= 11 is 0. The summed E-state index contributed by atoms with van der Waals surface area (Å²) in [7, 11) is 0. The van der Waals surface area contributed by atoms with E-state index in [9.17, 15) is 0 Å². The maximum atomic E-state index is 6.38. The smallest absolute Gasteiger partial charge is 0.143 e. The van der Waals surface area contributed by atoms with Crippen molar-refractivity contribution in [2.75, 3.05) is 0 Å². The molecular weight excluding hydrogens is 220 g/mol. The minimum atomic E-state index is -0.127. The van der Waals surface area contributed by atoms with Gasteiger partial charge in [-0.05, 0) is 24.5 Å². The normalized spacial score (nSPS) is 32.1. The zero-order valence-corrected chi connectivity index (χ0v) is 10.5. The van der Waals surface area contributed by atoms with E-state index in [1.54, 1.807) is 0 Å². The molecule has 1 heteroatoms. The van der Waals surface area contributed by atoms with Crippen LogP contribution in [0, 0.1) is 0 Å². The molecule has 0 radical (unpaired) electrons. The highest BCUT2D eigenvalue weighted by Gasteiger charge is 2.64. The Morgan fingerprint density at radius 3 is 2.33 bits per heavy atom. The van der Waals surface area contributed by atoms with Crippen molar-refractivity contribution in [3.63, 3.8) is 0 Å². The van der Waals surface area contributed by atoms with Crippen molar-refractivity contribution in [1.29, 1.82) is 0 Å². The maximum absolute atomic E-state index is 6.38. The van der Waals surface area contributed by atoms with Gasteiger partial charge in [-0.3, -0.25) is 0 Å². The molecule has 1 aliphatic heterocycles. The lowest BCUT2D eigenvalue weighted by Crippen LogP contribution is -2.55. The van der Waals surface area contributed by atoms with Crippen molar-refractivity contribution in [2.45, 2.75) is 30.8 Å². The van der Waals surface area contributed by atoms with Crippen LogP contribution in [-0.4, -0.2) is 0 Å². The second-order valence-electron chi connectivity index (χ2n) is 5.62. The molecule has 4 rings (SSSR count). The first-order chi connectivity index (χ1) is 8.76. The van der Waals surface area contributed by atoms with Crippen LogP contribution in [0.3, 0.4) is 0 Å². The fraction of sp³-hybridized carbons (Fsp3) is 0.294. The van der Waals surface area contributed by atoms with Crippen molar-refractivity contribution in [3.05, 3.63) is 65.7 Å². The predicted molar refractivity (Wildman–Crippen MR) is 71.8 cm³/mol. The van der Waals surface area contributed by atoms with Gasteiger partial charge in [-0.25, -0.2) is 0 Å². The Morgan fingerprint density at radius 1 is 0.889 bits per heavy atom. The Labute approximate surface area is 107 Å². The average Bonchev–Trinajstić information content (AvgIpc) is 2.60. The fourth-order valence-corrected chi connectivity index (χ4v) is 3.67. The van der Waals surface area contributed by atoms with Crippen LogP contribution >= 0.6 is 0 Å². The average molecular weight is 236 g/mol. The molecule has 0 saturated heterocycles. The van der Waals surface area contributed by atoms with Gasteiger partial charge in [-0.2, -0.15) is 0 Å². The molecule has 0 aromatic heterocycles. The van der Waals surface area contributed by atoms with E-state index in [-0.39, 0.29) is 11.0 Å². The molecule has 1 aliphatic carbocycles. The topological polar surface area (TPSA) is 9.23 Å². The molecular formula is C17H16O. The van der Waals surface area contributed by atoms with Gasteiger partial charge in [-0.1, -0.05) is 55.5 Å². The first-order valence-electron chi connectivity index (χ1n) is 6.60. The third-order valence-corrected chi connectivity index (χ3v) is 4.87. The summed E-state index contributed by atoms with van der Waals surface area (Å²) in [6, 6.07) is 19.2. The van der Waals surface area contributed by atoms with Gasteiger partial charge in [0.1, 0.15) is 11.4 Å². The fourth-order valence-electron chi connectivity index (χ4n) is 3.67. The Kier molecular flexibility index (Phi) is 1.79. The SMILES string of the molecule is C[C@]12CC[C@@]1(c1ccccc1)Oc1ccccc12. The van der Waals surface area contributed by atoms with Gasteiger partial charge in [0.05, 0.1) is 0 Å². The van der Waals surface area contributed by atoms with Crippen LogP contribution in [0.5, 0.6) is 5.75 Å². The van der Waals surface area contributed by atoms with E-state index in [4.69, 9.17) is 4.74 Å². The van der Waals surface area contributed by atoms with Crippen molar-refractivity contribution in [2.24, 2.45) is 0 Å². The van der Waals surface area contributed by atoms with Crippen LogP contribution < -0.4 is 4.74 Å². The van der Waals surface area contributed by atoms with Crippen LogP contribution in [0.2, 0.25) is 0 Å². The van der Waals surface area contributed by atoms with E-state index in [2.05, 4.69) is 61.5 Å². The van der Waals surface area contributed by atoms with Crippen LogP contribution in [0.4, 0.5) is 0 Å². The highest BCUT2D eigenvalue weighted by Crippen LogP contribution is 2.65. The highest BCUT2D eigenvalue weighted by molar-refractivity contribution is 5.53. The number of benzene rings is 2.